The second-order valence-electron chi connectivity index (χ2n) is 8.56. The quantitative estimate of drug-likeness (QED) is 0.754. The zero-order chi connectivity index (χ0) is 22.3. The summed E-state index contributed by atoms with van der Waals surface area (Å²) in [6.45, 7) is 2.81. The summed E-state index contributed by atoms with van der Waals surface area (Å²) in [5.74, 6) is -0.630. The molecule has 31 heavy (non-hydrogen) atoms. The van der Waals surface area contributed by atoms with Gasteiger partial charge < -0.3 is 24.8 Å². The summed E-state index contributed by atoms with van der Waals surface area (Å²) in [4.78, 5) is 37.2. The number of benzene rings is 1. The lowest BCUT2D eigenvalue weighted by atomic mass is 9.74. The molecule has 2 aliphatic rings. The van der Waals surface area contributed by atoms with E-state index in [9.17, 15) is 14.4 Å². The number of piperidine rings is 1. The monoisotopic (exact) mass is 432 g/mol. The van der Waals surface area contributed by atoms with Gasteiger partial charge in [-0.1, -0.05) is 24.6 Å². The number of para-hydroxylation sites is 1. The summed E-state index contributed by atoms with van der Waals surface area (Å²) in [6.07, 6.45) is 4.98. The highest BCUT2D eigenvalue weighted by molar-refractivity contribution is 5.81. The summed E-state index contributed by atoms with van der Waals surface area (Å²) in [7, 11) is 0. The average molecular weight is 433 g/mol. The fourth-order valence-corrected chi connectivity index (χ4v) is 4.37. The van der Waals surface area contributed by atoms with Crippen LogP contribution in [0.4, 0.5) is 0 Å². The highest BCUT2D eigenvalue weighted by Gasteiger charge is 2.36. The highest BCUT2D eigenvalue weighted by atomic mass is 16.5. The second kappa shape index (κ2) is 10.6. The number of hydrogen-bond acceptors (Lipinski definition) is 5. The van der Waals surface area contributed by atoms with E-state index in [-0.39, 0.29) is 23.8 Å². The number of fused-ring (bicyclic) bond motifs is 1. The van der Waals surface area contributed by atoms with Crippen molar-refractivity contribution < 1.29 is 29.0 Å². The van der Waals surface area contributed by atoms with Crippen molar-refractivity contribution in [2.75, 3.05) is 32.8 Å². The van der Waals surface area contributed by atoms with Gasteiger partial charge in [-0.05, 0) is 56.1 Å². The number of ether oxygens (including phenoxy) is 2. The van der Waals surface area contributed by atoms with Crippen molar-refractivity contribution in [3.63, 3.8) is 0 Å². The molecule has 0 aliphatic carbocycles. The van der Waals surface area contributed by atoms with Crippen molar-refractivity contribution in [1.29, 1.82) is 0 Å². The van der Waals surface area contributed by atoms with Gasteiger partial charge in [0.1, 0.15) is 19.0 Å². The molecule has 1 atom stereocenters. The molecule has 8 heteroatoms. The number of carbonyl (C=O) groups is 3. The topological polar surface area (TPSA) is 105 Å². The van der Waals surface area contributed by atoms with Crippen LogP contribution in [-0.4, -0.2) is 66.7 Å². The van der Waals surface area contributed by atoms with Crippen LogP contribution in [-0.2, 0) is 25.5 Å². The smallest absolute Gasteiger partial charge is 0.329 e. The van der Waals surface area contributed by atoms with E-state index < -0.39 is 18.7 Å². The van der Waals surface area contributed by atoms with Gasteiger partial charge in [0, 0.05) is 19.6 Å². The number of hydrogen-bond donors (Lipinski definition) is 2. The standard InChI is InChI=1S/C23H32N2O6/c1-17-22(29)24-16-23(9-5-4-7-18-6-2-3-8-19(18)31-17)10-12-25(13-11-23)20(26)14-30-15-21(27)28/h2-3,6,8,17H,4-5,7,9-16H2,1H3,(H,24,29)(H,27,28)/t17-/m1/s1. The molecule has 0 saturated carbocycles. The number of nitrogens with one attached hydrogen (secondary N) is 1. The van der Waals surface area contributed by atoms with Crippen molar-refractivity contribution in [2.45, 2.75) is 51.6 Å². The molecule has 2 aliphatic heterocycles. The fraction of sp³-hybridized carbons (Fsp3) is 0.609. The third-order valence-electron chi connectivity index (χ3n) is 6.31. The molecule has 3 rings (SSSR count). The molecule has 1 spiro atoms. The van der Waals surface area contributed by atoms with Crippen molar-refractivity contribution in [3.8, 4) is 5.75 Å². The van der Waals surface area contributed by atoms with E-state index in [2.05, 4.69) is 11.4 Å². The number of amides is 2. The number of nitrogens with zero attached hydrogens (tertiary/aromatic N) is 1. The molecule has 0 bridgehead atoms. The Bertz CT molecular complexity index is 788. The number of aliphatic carboxylic acids is 1. The van der Waals surface area contributed by atoms with Gasteiger partial charge in [-0.25, -0.2) is 4.79 Å². The van der Waals surface area contributed by atoms with Crippen molar-refractivity contribution in [1.82, 2.24) is 10.2 Å². The normalized spacial score (nSPS) is 21.8. The van der Waals surface area contributed by atoms with Gasteiger partial charge in [0.2, 0.25) is 5.91 Å². The Kier molecular flexibility index (Phi) is 7.90. The van der Waals surface area contributed by atoms with Crippen LogP contribution >= 0.6 is 0 Å². The van der Waals surface area contributed by atoms with E-state index in [1.54, 1.807) is 11.8 Å². The summed E-state index contributed by atoms with van der Waals surface area (Å²) < 4.78 is 10.9. The Labute approximate surface area is 182 Å². The SMILES string of the molecule is C[C@H]1Oc2ccccc2CCCCC2(CCN(C(=O)COCC(=O)O)CC2)CNC1=O. The molecule has 0 unspecified atom stereocenters. The molecule has 1 fully saturated rings. The first-order valence-electron chi connectivity index (χ1n) is 11.0. The molecule has 1 aromatic carbocycles. The molecule has 2 heterocycles. The first kappa shape index (κ1) is 23.1. The molecule has 1 saturated heterocycles. The maximum absolute atomic E-state index is 12.6. The van der Waals surface area contributed by atoms with Crippen LogP contribution in [0.1, 0.15) is 44.6 Å². The first-order chi connectivity index (χ1) is 14.9. The Balaban J connectivity index is 1.60. The molecule has 170 valence electrons. The van der Waals surface area contributed by atoms with E-state index in [1.807, 2.05) is 18.2 Å². The lowest BCUT2D eigenvalue weighted by Crippen LogP contribution is -2.50. The number of rotatable bonds is 4. The van der Waals surface area contributed by atoms with Gasteiger partial charge in [0.05, 0.1) is 0 Å². The molecular weight excluding hydrogens is 400 g/mol. The summed E-state index contributed by atoms with van der Waals surface area (Å²) in [6, 6.07) is 7.89. The van der Waals surface area contributed by atoms with E-state index in [0.29, 0.717) is 19.6 Å². The third kappa shape index (κ3) is 6.43. The van der Waals surface area contributed by atoms with Crippen LogP contribution in [0, 0.1) is 5.41 Å². The molecule has 0 radical (unpaired) electrons. The number of aryl methyl sites for hydroxylation is 1. The zero-order valence-electron chi connectivity index (χ0n) is 18.1. The number of likely N-dealkylation sites (tertiary alicyclic amines) is 1. The van der Waals surface area contributed by atoms with Crippen molar-refractivity contribution in [3.05, 3.63) is 29.8 Å². The van der Waals surface area contributed by atoms with Crippen molar-refractivity contribution >= 4 is 17.8 Å². The van der Waals surface area contributed by atoms with Gasteiger partial charge in [0.25, 0.3) is 5.91 Å². The predicted octanol–water partition coefficient (Wildman–Crippen LogP) is 2.01. The van der Waals surface area contributed by atoms with Crippen LogP contribution in [0.3, 0.4) is 0 Å². The second-order valence-corrected chi connectivity index (χ2v) is 8.56. The molecule has 8 nitrogen and oxygen atoms in total. The zero-order valence-corrected chi connectivity index (χ0v) is 18.1. The van der Waals surface area contributed by atoms with Crippen LogP contribution in [0.5, 0.6) is 5.75 Å². The lowest BCUT2D eigenvalue weighted by Gasteiger charge is -2.42. The maximum atomic E-state index is 12.6. The largest absolute Gasteiger partial charge is 0.481 e. The van der Waals surface area contributed by atoms with Crippen LogP contribution in [0.15, 0.2) is 24.3 Å². The molecular formula is C23H32N2O6. The molecule has 0 aromatic heterocycles. The Morgan fingerprint density at radius 1 is 1.19 bits per heavy atom. The van der Waals surface area contributed by atoms with Crippen molar-refractivity contribution in [2.24, 2.45) is 5.41 Å². The van der Waals surface area contributed by atoms with E-state index in [1.165, 1.54) is 0 Å². The minimum Gasteiger partial charge on any atom is -0.481 e. The average Bonchev–Trinajstić information content (AvgIpc) is 2.75. The third-order valence-corrected chi connectivity index (χ3v) is 6.31. The van der Waals surface area contributed by atoms with Gasteiger partial charge in [0.15, 0.2) is 6.10 Å². The molecule has 1 aromatic rings. The lowest BCUT2D eigenvalue weighted by molar-refractivity contribution is -0.146. The van der Waals surface area contributed by atoms with Gasteiger partial charge in [-0.3, -0.25) is 9.59 Å². The number of carbonyl (C=O) groups excluding carboxylic acids is 2. The van der Waals surface area contributed by atoms with Gasteiger partial charge in [-0.15, -0.1) is 0 Å². The number of carboxylic acid groups (broad SMARTS) is 1. The van der Waals surface area contributed by atoms with Gasteiger partial charge in [-0.2, -0.15) is 0 Å². The van der Waals surface area contributed by atoms with E-state index >= 15 is 0 Å². The van der Waals surface area contributed by atoms with E-state index in [0.717, 1.165) is 49.8 Å². The van der Waals surface area contributed by atoms with Crippen LogP contribution in [0.25, 0.3) is 0 Å². The Hall–Kier alpha value is -2.61. The maximum Gasteiger partial charge on any atom is 0.329 e. The molecule has 2 amide bonds. The minimum atomic E-state index is -1.09. The highest BCUT2D eigenvalue weighted by Crippen LogP contribution is 2.37. The van der Waals surface area contributed by atoms with Crippen LogP contribution in [0.2, 0.25) is 0 Å². The summed E-state index contributed by atoms with van der Waals surface area (Å²) in [5.41, 5.74) is 1.07. The fourth-order valence-electron chi connectivity index (χ4n) is 4.37. The Morgan fingerprint density at radius 3 is 2.68 bits per heavy atom. The Morgan fingerprint density at radius 2 is 1.94 bits per heavy atom. The summed E-state index contributed by atoms with van der Waals surface area (Å²) in [5, 5.41) is 11.7. The first-order valence-corrected chi connectivity index (χ1v) is 11.0. The molecule has 2 N–H and O–H groups in total. The van der Waals surface area contributed by atoms with E-state index in [4.69, 9.17) is 14.6 Å². The summed E-state index contributed by atoms with van der Waals surface area (Å²) >= 11 is 0. The number of carboxylic acids is 1. The van der Waals surface area contributed by atoms with Gasteiger partial charge >= 0.3 is 5.97 Å². The minimum absolute atomic E-state index is 0.0488. The van der Waals surface area contributed by atoms with Crippen LogP contribution < -0.4 is 10.1 Å². The predicted molar refractivity (Wildman–Crippen MR) is 114 cm³/mol.